The molecular weight excluding hydrogens is 174 g/mol. The highest BCUT2D eigenvalue weighted by Gasteiger charge is 2.20. The number of hydrogen-bond donors (Lipinski definition) is 1. The summed E-state index contributed by atoms with van der Waals surface area (Å²) in [5.74, 6) is 0. The van der Waals surface area contributed by atoms with E-state index in [1.165, 1.54) is 24.9 Å². The predicted molar refractivity (Wildman–Crippen MR) is 58.3 cm³/mol. The molecule has 1 fully saturated rings. The van der Waals surface area contributed by atoms with E-state index < -0.39 is 0 Å². The highest BCUT2D eigenvalue weighted by Crippen LogP contribution is 2.22. The Hall–Kier alpha value is -1.09. The highest BCUT2D eigenvalue weighted by molar-refractivity contribution is 5.45. The molecule has 3 heteroatoms. The van der Waals surface area contributed by atoms with Crippen LogP contribution in [0.2, 0.25) is 0 Å². The lowest BCUT2D eigenvalue weighted by atomic mass is 10.0. The van der Waals surface area contributed by atoms with Crippen LogP contribution in [-0.4, -0.2) is 24.1 Å². The first-order valence-electron chi connectivity index (χ1n) is 5.28. The summed E-state index contributed by atoms with van der Waals surface area (Å²) >= 11 is 0. The number of aromatic nitrogens is 1. The molecule has 2 rings (SSSR count). The van der Waals surface area contributed by atoms with Gasteiger partial charge in [0, 0.05) is 25.3 Å². The maximum Gasteiger partial charge on any atom is 0.0555 e. The first-order valence-corrected chi connectivity index (χ1v) is 5.28. The largest absolute Gasteiger partial charge is 0.366 e. The number of piperidine rings is 1. The summed E-state index contributed by atoms with van der Waals surface area (Å²) in [4.78, 5) is 6.53. The highest BCUT2D eigenvalue weighted by atomic mass is 15.2. The Morgan fingerprint density at radius 1 is 1.50 bits per heavy atom. The van der Waals surface area contributed by atoms with Crippen LogP contribution in [0.5, 0.6) is 0 Å². The molecule has 1 saturated heterocycles. The smallest absolute Gasteiger partial charge is 0.0555 e. The minimum absolute atomic E-state index is 0.507. The zero-order chi connectivity index (χ0) is 9.80. The van der Waals surface area contributed by atoms with E-state index in [4.69, 9.17) is 5.73 Å². The van der Waals surface area contributed by atoms with Gasteiger partial charge in [0.1, 0.15) is 0 Å². The molecule has 0 bridgehead atoms. The average molecular weight is 191 g/mol. The summed E-state index contributed by atoms with van der Waals surface area (Å²) in [7, 11) is 0. The third-order valence-electron chi connectivity index (χ3n) is 2.88. The van der Waals surface area contributed by atoms with Crippen molar-refractivity contribution in [2.75, 3.05) is 18.0 Å². The molecule has 0 saturated carbocycles. The maximum atomic E-state index is 5.77. The van der Waals surface area contributed by atoms with E-state index in [1.807, 2.05) is 18.5 Å². The van der Waals surface area contributed by atoms with Gasteiger partial charge in [0.05, 0.1) is 11.9 Å². The molecule has 0 aliphatic carbocycles. The molecular formula is C11H17N3. The minimum atomic E-state index is 0.507. The summed E-state index contributed by atoms with van der Waals surface area (Å²) in [5, 5.41) is 0. The standard InChI is InChI=1S/C11H17N3/c12-8-10-4-1-2-7-14(10)11-5-3-6-13-9-11/h3,5-6,9-10H,1-2,4,7-8,12H2. The van der Waals surface area contributed by atoms with Crippen LogP contribution in [0.3, 0.4) is 0 Å². The van der Waals surface area contributed by atoms with E-state index in [0.29, 0.717) is 6.04 Å². The molecule has 1 aliphatic heterocycles. The third kappa shape index (κ3) is 1.87. The number of rotatable bonds is 2. The Bertz CT molecular complexity index is 273. The van der Waals surface area contributed by atoms with Crippen molar-refractivity contribution in [1.29, 1.82) is 0 Å². The van der Waals surface area contributed by atoms with E-state index in [9.17, 15) is 0 Å². The van der Waals surface area contributed by atoms with Gasteiger partial charge in [-0.15, -0.1) is 0 Å². The van der Waals surface area contributed by atoms with Crippen LogP contribution in [0.25, 0.3) is 0 Å². The Labute approximate surface area is 84.9 Å². The number of nitrogens with zero attached hydrogens (tertiary/aromatic N) is 2. The monoisotopic (exact) mass is 191 g/mol. The first-order chi connectivity index (χ1) is 6.92. The van der Waals surface area contributed by atoms with Crippen molar-refractivity contribution in [1.82, 2.24) is 4.98 Å². The minimum Gasteiger partial charge on any atom is -0.366 e. The van der Waals surface area contributed by atoms with Gasteiger partial charge in [-0.25, -0.2) is 0 Å². The molecule has 14 heavy (non-hydrogen) atoms. The summed E-state index contributed by atoms with van der Waals surface area (Å²) in [5.41, 5.74) is 6.98. The quantitative estimate of drug-likeness (QED) is 0.768. The zero-order valence-electron chi connectivity index (χ0n) is 8.39. The van der Waals surface area contributed by atoms with Gasteiger partial charge >= 0.3 is 0 Å². The zero-order valence-corrected chi connectivity index (χ0v) is 8.39. The summed E-state index contributed by atoms with van der Waals surface area (Å²) in [6.07, 6.45) is 7.52. The van der Waals surface area contributed by atoms with Crippen LogP contribution in [0.15, 0.2) is 24.5 Å². The molecule has 3 nitrogen and oxygen atoms in total. The SMILES string of the molecule is NCC1CCCCN1c1cccnc1. The van der Waals surface area contributed by atoms with Crippen LogP contribution in [0.4, 0.5) is 5.69 Å². The Morgan fingerprint density at radius 3 is 3.14 bits per heavy atom. The molecule has 1 atom stereocenters. The fourth-order valence-corrected chi connectivity index (χ4v) is 2.11. The lowest BCUT2D eigenvalue weighted by Gasteiger charge is -2.36. The van der Waals surface area contributed by atoms with Crippen molar-refractivity contribution >= 4 is 5.69 Å². The lowest BCUT2D eigenvalue weighted by molar-refractivity contribution is 0.465. The van der Waals surface area contributed by atoms with Crippen LogP contribution >= 0.6 is 0 Å². The first kappa shape index (κ1) is 9.46. The summed E-state index contributed by atoms with van der Waals surface area (Å²) in [6, 6.07) is 4.60. The average Bonchev–Trinajstić information content (AvgIpc) is 2.30. The van der Waals surface area contributed by atoms with E-state index in [2.05, 4.69) is 16.0 Å². The molecule has 1 aromatic heterocycles. The van der Waals surface area contributed by atoms with Gasteiger partial charge < -0.3 is 10.6 Å². The van der Waals surface area contributed by atoms with Gasteiger partial charge in [0.15, 0.2) is 0 Å². The van der Waals surface area contributed by atoms with Crippen LogP contribution < -0.4 is 10.6 Å². The van der Waals surface area contributed by atoms with Crippen molar-refractivity contribution in [3.8, 4) is 0 Å². The van der Waals surface area contributed by atoms with Crippen molar-refractivity contribution in [2.45, 2.75) is 25.3 Å². The number of anilines is 1. The van der Waals surface area contributed by atoms with Gasteiger partial charge in [-0.2, -0.15) is 0 Å². The summed E-state index contributed by atoms with van der Waals surface area (Å²) in [6.45, 7) is 1.86. The maximum absolute atomic E-state index is 5.77. The molecule has 0 spiro atoms. The van der Waals surface area contributed by atoms with Crippen LogP contribution in [-0.2, 0) is 0 Å². The normalized spacial score (nSPS) is 22.4. The molecule has 1 aliphatic rings. The Balaban J connectivity index is 2.15. The van der Waals surface area contributed by atoms with Crippen molar-refractivity contribution < 1.29 is 0 Å². The second kappa shape index (κ2) is 4.42. The predicted octanol–water partition coefficient (Wildman–Crippen LogP) is 1.40. The molecule has 0 amide bonds. The number of hydrogen-bond acceptors (Lipinski definition) is 3. The molecule has 76 valence electrons. The second-order valence-electron chi connectivity index (χ2n) is 3.79. The van der Waals surface area contributed by atoms with Crippen molar-refractivity contribution in [2.24, 2.45) is 5.73 Å². The number of pyridine rings is 1. The Morgan fingerprint density at radius 2 is 2.43 bits per heavy atom. The molecule has 0 aromatic carbocycles. The molecule has 1 aromatic rings. The van der Waals surface area contributed by atoms with Crippen molar-refractivity contribution in [3.05, 3.63) is 24.5 Å². The van der Waals surface area contributed by atoms with E-state index in [-0.39, 0.29) is 0 Å². The van der Waals surface area contributed by atoms with Crippen LogP contribution in [0, 0.1) is 0 Å². The van der Waals surface area contributed by atoms with Gasteiger partial charge in [0.25, 0.3) is 0 Å². The number of nitrogens with two attached hydrogens (primary N) is 1. The summed E-state index contributed by atoms with van der Waals surface area (Å²) < 4.78 is 0. The lowest BCUT2D eigenvalue weighted by Crippen LogP contribution is -2.44. The van der Waals surface area contributed by atoms with Gasteiger partial charge in [-0.05, 0) is 31.4 Å². The van der Waals surface area contributed by atoms with Crippen LogP contribution in [0.1, 0.15) is 19.3 Å². The topological polar surface area (TPSA) is 42.1 Å². The van der Waals surface area contributed by atoms with E-state index in [0.717, 1.165) is 13.1 Å². The molecule has 2 N–H and O–H groups in total. The molecule has 0 radical (unpaired) electrons. The second-order valence-corrected chi connectivity index (χ2v) is 3.79. The molecule has 1 unspecified atom stereocenters. The fourth-order valence-electron chi connectivity index (χ4n) is 2.11. The third-order valence-corrected chi connectivity index (χ3v) is 2.88. The van der Waals surface area contributed by atoms with E-state index >= 15 is 0 Å². The molecule has 2 heterocycles. The van der Waals surface area contributed by atoms with Gasteiger partial charge in [-0.3, -0.25) is 4.98 Å². The fraction of sp³-hybridized carbons (Fsp3) is 0.545. The van der Waals surface area contributed by atoms with Gasteiger partial charge in [-0.1, -0.05) is 0 Å². The Kier molecular flexibility index (Phi) is 2.99. The van der Waals surface area contributed by atoms with Crippen molar-refractivity contribution in [3.63, 3.8) is 0 Å². The van der Waals surface area contributed by atoms with Gasteiger partial charge in [0.2, 0.25) is 0 Å². The van der Waals surface area contributed by atoms with E-state index in [1.54, 1.807) is 0 Å².